The van der Waals surface area contributed by atoms with Crippen molar-refractivity contribution in [2.75, 3.05) is 30.3 Å². The van der Waals surface area contributed by atoms with E-state index in [1.54, 1.807) is 6.07 Å². The van der Waals surface area contributed by atoms with E-state index in [4.69, 9.17) is 4.74 Å². The summed E-state index contributed by atoms with van der Waals surface area (Å²) >= 11 is 0. The van der Waals surface area contributed by atoms with E-state index < -0.39 is 4.92 Å². The van der Waals surface area contributed by atoms with E-state index in [0.717, 1.165) is 19.4 Å². The molecule has 23 heavy (non-hydrogen) atoms. The van der Waals surface area contributed by atoms with Crippen LogP contribution in [0.3, 0.4) is 0 Å². The van der Waals surface area contributed by atoms with Crippen molar-refractivity contribution in [3.8, 4) is 0 Å². The fraction of sp³-hybridized carbons (Fsp3) is 0.467. The van der Waals surface area contributed by atoms with Crippen molar-refractivity contribution in [3.05, 3.63) is 28.6 Å². The van der Waals surface area contributed by atoms with Crippen molar-refractivity contribution in [1.82, 2.24) is 9.97 Å². The Morgan fingerprint density at radius 3 is 2.96 bits per heavy atom. The molecule has 1 aromatic heterocycles. The number of fused-ring (bicyclic) bond motifs is 1. The lowest BCUT2D eigenvalue weighted by Gasteiger charge is -2.13. The van der Waals surface area contributed by atoms with Gasteiger partial charge >= 0.3 is 0 Å². The molecule has 1 unspecified atom stereocenters. The smallest absolute Gasteiger partial charge is 0.293 e. The molecule has 0 aliphatic carbocycles. The molecule has 122 valence electrons. The number of anilines is 2. The van der Waals surface area contributed by atoms with E-state index in [1.807, 2.05) is 6.92 Å². The van der Waals surface area contributed by atoms with Gasteiger partial charge in [0, 0.05) is 31.1 Å². The van der Waals surface area contributed by atoms with Crippen LogP contribution in [0.1, 0.15) is 19.8 Å². The van der Waals surface area contributed by atoms with Crippen molar-refractivity contribution >= 4 is 28.1 Å². The lowest BCUT2D eigenvalue weighted by Crippen LogP contribution is -2.19. The number of nitro groups is 1. The lowest BCUT2D eigenvalue weighted by atomic mass is 10.1. The van der Waals surface area contributed by atoms with Gasteiger partial charge in [-0.3, -0.25) is 10.1 Å². The highest BCUT2D eigenvalue weighted by Crippen LogP contribution is 2.32. The molecule has 1 aliphatic rings. The van der Waals surface area contributed by atoms with Gasteiger partial charge in [-0.1, -0.05) is 0 Å². The van der Waals surface area contributed by atoms with Crippen molar-refractivity contribution in [2.24, 2.45) is 0 Å². The van der Waals surface area contributed by atoms with Crippen molar-refractivity contribution in [3.63, 3.8) is 0 Å². The van der Waals surface area contributed by atoms with E-state index in [2.05, 4.69) is 20.6 Å². The van der Waals surface area contributed by atoms with Gasteiger partial charge in [0.2, 0.25) is 0 Å². The summed E-state index contributed by atoms with van der Waals surface area (Å²) in [5, 5.41) is 18.2. The largest absolute Gasteiger partial charge is 0.380 e. The topological polar surface area (TPSA) is 102 Å². The molecule has 2 heterocycles. The molecule has 1 atom stereocenters. The molecule has 1 aromatic carbocycles. The summed E-state index contributed by atoms with van der Waals surface area (Å²) in [5.74, 6) is 0.594. The molecule has 0 saturated carbocycles. The quantitative estimate of drug-likeness (QED) is 0.623. The third-order valence-electron chi connectivity index (χ3n) is 3.84. The Morgan fingerprint density at radius 2 is 2.26 bits per heavy atom. The fourth-order valence-electron chi connectivity index (χ4n) is 2.73. The summed E-state index contributed by atoms with van der Waals surface area (Å²) in [6, 6.07) is 3.21. The summed E-state index contributed by atoms with van der Waals surface area (Å²) in [4.78, 5) is 19.4. The average molecular weight is 317 g/mol. The molecule has 2 N–H and O–H groups in total. The zero-order valence-electron chi connectivity index (χ0n) is 12.9. The summed E-state index contributed by atoms with van der Waals surface area (Å²) in [6.45, 7) is 3.91. The van der Waals surface area contributed by atoms with Crippen LogP contribution in [-0.2, 0) is 4.74 Å². The zero-order valence-corrected chi connectivity index (χ0v) is 12.9. The normalized spacial score (nSPS) is 17.3. The van der Waals surface area contributed by atoms with Gasteiger partial charge < -0.3 is 15.4 Å². The first kappa shape index (κ1) is 15.4. The Labute approximate surface area is 133 Å². The second-order valence-electron chi connectivity index (χ2n) is 5.41. The SMILES string of the molecule is CCNc1cc2ncnc(NCC3CCCO3)c2cc1[N+](=O)[O-]. The summed E-state index contributed by atoms with van der Waals surface area (Å²) in [7, 11) is 0. The van der Waals surface area contributed by atoms with Gasteiger partial charge in [0.05, 0.1) is 16.5 Å². The highest BCUT2D eigenvalue weighted by Gasteiger charge is 2.19. The van der Waals surface area contributed by atoms with Gasteiger partial charge in [0.25, 0.3) is 5.69 Å². The third kappa shape index (κ3) is 3.31. The highest BCUT2D eigenvalue weighted by atomic mass is 16.6. The van der Waals surface area contributed by atoms with E-state index in [0.29, 0.717) is 35.5 Å². The number of ether oxygens (including phenoxy) is 1. The summed E-state index contributed by atoms with van der Waals surface area (Å²) < 4.78 is 5.58. The van der Waals surface area contributed by atoms with Crippen molar-refractivity contribution in [2.45, 2.75) is 25.9 Å². The Hall–Kier alpha value is -2.48. The molecule has 1 fully saturated rings. The Kier molecular flexibility index (Phi) is 4.52. The maximum atomic E-state index is 11.3. The number of nitrogens with one attached hydrogen (secondary N) is 2. The minimum absolute atomic E-state index is 0.0225. The maximum Gasteiger partial charge on any atom is 0.293 e. The van der Waals surface area contributed by atoms with E-state index in [-0.39, 0.29) is 11.8 Å². The molecule has 8 nitrogen and oxygen atoms in total. The van der Waals surface area contributed by atoms with Crippen LogP contribution in [0.4, 0.5) is 17.2 Å². The van der Waals surface area contributed by atoms with Crippen LogP contribution in [0.25, 0.3) is 10.9 Å². The highest BCUT2D eigenvalue weighted by molar-refractivity contribution is 5.94. The van der Waals surface area contributed by atoms with Gasteiger partial charge in [-0.25, -0.2) is 9.97 Å². The standard InChI is InChI=1S/C15H19N5O3/c1-2-16-13-7-12-11(6-14(13)20(21)22)15(19-9-18-12)17-8-10-4-3-5-23-10/h6-7,9-10,16H,2-5,8H2,1H3,(H,17,18,19). The van der Waals surface area contributed by atoms with Crippen LogP contribution < -0.4 is 10.6 Å². The first-order chi connectivity index (χ1) is 11.2. The molecule has 0 spiro atoms. The molecule has 0 radical (unpaired) electrons. The van der Waals surface area contributed by atoms with E-state index in [9.17, 15) is 10.1 Å². The second-order valence-corrected chi connectivity index (χ2v) is 5.41. The van der Waals surface area contributed by atoms with E-state index >= 15 is 0 Å². The number of hydrogen-bond donors (Lipinski definition) is 2. The molecule has 0 bridgehead atoms. The molecule has 8 heteroatoms. The fourth-order valence-corrected chi connectivity index (χ4v) is 2.73. The van der Waals surface area contributed by atoms with Gasteiger partial charge in [-0.05, 0) is 25.8 Å². The first-order valence-corrected chi connectivity index (χ1v) is 7.71. The molecular weight excluding hydrogens is 298 g/mol. The minimum atomic E-state index is -0.395. The van der Waals surface area contributed by atoms with Crippen molar-refractivity contribution < 1.29 is 9.66 Å². The van der Waals surface area contributed by atoms with Crippen LogP contribution in [0.2, 0.25) is 0 Å². The Bertz CT molecular complexity index is 716. The van der Waals surface area contributed by atoms with Crippen LogP contribution in [0.5, 0.6) is 0 Å². The predicted molar refractivity (Wildman–Crippen MR) is 87.8 cm³/mol. The van der Waals surface area contributed by atoms with Crippen LogP contribution in [0.15, 0.2) is 18.5 Å². The number of nitrogens with zero attached hydrogens (tertiary/aromatic N) is 3. The molecule has 1 saturated heterocycles. The molecule has 3 rings (SSSR count). The number of nitro benzene ring substituents is 1. The minimum Gasteiger partial charge on any atom is -0.380 e. The Balaban J connectivity index is 1.94. The molecular formula is C15H19N5O3. The van der Waals surface area contributed by atoms with Gasteiger partial charge in [-0.2, -0.15) is 0 Å². The summed E-state index contributed by atoms with van der Waals surface area (Å²) in [5.41, 5.74) is 1.15. The van der Waals surface area contributed by atoms with Crippen LogP contribution in [0, 0.1) is 10.1 Å². The van der Waals surface area contributed by atoms with Gasteiger partial charge in [-0.15, -0.1) is 0 Å². The second kappa shape index (κ2) is 6.74. The molecule has 0 amide bonds. The average Bonchev–Trinajstić information content (AvgIpc) is 3.05. The maximum absolute atomic E-state index is 11.3. The zero-order chi connectivity index (χ0) is 16.2. The number of rotatable bonds is 6. The van der Waals surface area contributed by atoms with Crippen LogP contribution >= 0.6 is 0 Å². The van der Waals surface area contributed by atoms with Crippen LogP contribution in [-0.4, -0.2) is 40.7 Å². The first-order valence-electron chi connectivity index (χ1n) is 7.71. The van der Waals surface area contributed by atoms with Gasteiger partial charge in [0.1, 0.15) is 17.8 Å². The number of aromatic nitrogens is 2. The molecule has 1 aliphatic heterocycles. The summed E-state index contributed by atoms with van der Waals surface area (Å²) in [6.07, 6.45) is 3.70. The Morgan fingerprint density at radius 1 is 1.39 bits per heavy atom. The van der Waals surface area contributed by atoms with E-state index in [1.165, 1.54) is 12.4 Å². The number of hydrogen-bond acceptors (Lipinski definition) is 7. The lowest BCUT2D eigenvalue weighted by molar-refractivity contribution is -0.383. The molecule has 2 aromatic rings. The van der Waals surface area contributed by atoms with Crippen molar-refractivity contribution in [1.29, 1.82) is 0 Å². The number of benzene rings is 1. The van der Waals surface area contributed by atoms with Gasteiger partial charge in [0.15, 0.2) is 0 Å². The third-order valence-corrected chi connectivity index (χ3v) is 3.84. The monoisotopic (exact) mass is 317 g/mol. The predicted octanol–water partition coefficient (Wildman–Crippen LogP) is 2.56.